The molecule has 0 aliphatic heterocycles. The Hall–Kier alpha value is -0.980. The number of aliphatic carboxylic acids is 1. The smallest absolute Gasteiger partial charge is 0.334 e. The second kappa shape index (κ2) is 3.41. The fourth-order valence-corrected chi connectivity index (χ4v) is 1.12. The van der Waals surface area contributed by atoms with E-state index < -0.39 is 36.0 Å². The van der Waals surface area contributed by atoms with Gasteiger partial charge in [0.15, 0.2) is 6.17 Å². The summed E-state index contributed by atoms with van der Waals surface area (Å²) in [7, 11) is 0. The van der Waals surface area contributed by atoms with Crippen LogP contribution in [-0.2, 0) is 4.79 Å². The molecule has 0 amide bonds. The Morgan fingerprint density at radius 3 is 2.31 bits per heavy atom. The molecule has 6 heteroatoms. The van der Waals surface area contributed by atoms with Gasteiger partial charge in [0, 0.05) is 0 Å². The van der Waals surface area contributed by atoms with Gasteiger partial charge in [0.1, 0.15) is 18.3 Å². The van der Waals surface area contributed by atoms with Gasteiger partial charge in [-0.2, -0.15) is 0 Å². The largest absolute Gasteiger partial charge is 0.478 e. The number of carbonyl (C=O) groups is 1. The highest BCUT2D eigenvalue weighted by Crippen LogP contribution is 2.22. The van der Waals surface area contributed by atoms with Crippen LogP contribution >= 0.6 is 0 Å². The quantitative estimate of drug-likeness (QED) is 0.402. The maximum absolute atomic E-state index is 12.9. The van der Waals surface area contributed by atoms with E-state index in [-0.39, 0.29) is 0 Å². The molecule has 0 aromatic heterocycles. The number of halogens is 1. The highest BCUT2D eigenvalue weighted by Gasteiger charge is 2.40. The van der Waals surface area contributed by atoms with E-state index in [4.69, 9.17) is 20.4 Å². The van der Waals surface area contributed by atoms with Crippen molar-refractivity contribution in [2.45, 2.75) is 24.5 Å². The summed E-state index contributed by atoms with van der Waals surface area (Å²) in [5.74, 6) is -1.56. The summed E-state index contributed by atoms with van der Waals surface area (Å²) in [6, 6.07) is 0. The van der Waals surface area contributed by atoms with Crippen LogP contribution in [0.3, 0.4) is 0 Å². The van der Waals surface area contributed by atoms with Gasteiger partial charge in [-0.25, -0.2) is 9.18 Å². The van der Waals surface area contributed by atoms with Crippen LogP contribution in [0.2, 0.25) is 0 Å². The summed E-state index contributed by atoms with van der Waals surface area (Å²) in [6.45, 7) is 0. The summed E-state index contributed by atoms with van der Waals surface area (Å²) in [5.41, 5.74) is -0.731. The zero-order valence-electron chi connectivity index (χ0n) is 6.46. The molecule has 4 atom stereocenters. The van der Waals surface area contributed by atoms with Crippen LogP contribution in [0.1, 0.15) is 0 Å². The summed E-state index contributed by atoms with van der Waals surface area (Å²) in [5, 5.41) is 35.3. The average Bonchev–Trinajstić information content (AvgIpc) is 2.07. The summed E-state index contributed by atoms with van der Waals surface area (Å²) < 4.78 is 12.9. The van der Waals surface area contributed by atoms with E-state index in [0.717, 1.165) is 0 Å². The molecule has 0 saturated carbocycles. The normalized spacial score (nSPS) is 39.8. The minimum atomic E-state index is -2.17. The first-order valence-electron chi connectivity index (χ1n) is 3.58. The van der Waals surface area contributed by atoms with Crippen molar-refractivity contribution in [2.24, 2.45) is 0 Å². The fraction of sp³-hybridized carbons (Fsp3) is 0.571. The summed E-state index contributed by atoms with van der Waals surface area (Å²) >= 11 is 0. The molecule has 0 unspecified atom stereocenters. The van der Waals surface area contributed by atoms with Gasteiger partial charge in [-0.15, -0.1) is 0 Å². The molecular weight excluding hydrogens is 183 g/mol. The molecule has 1 rings (SSSR count). The first kappa shape index (κ1) is 10.1. The monoisotopic (exact) mass is 192 g/mol. The van der Waals surface area contributed by atoms with Crippen LogP contribution in [0.4, 0.5) is 4.39 Å². The number of aliphatic hydroxyl groups is 3. The fourth-order valence-electron chi connectivity index (χ4n) is 1.12. The predicted octanol–water partition coefficient (Wildman–Crippen LogP) is -1.57. The standard InChI is InChI=1S/C7H9FO5/c8-4-2(7(12)13)1-3(9)5(10)6(4)11/h1,3-6,9-11H,(H,12,13)/t3-,4-,5-,6-/m1/s1. The molecule has 1 aliphatic carbocycles. The molecule has 13 heavy (non-hydrogen) atoms. The van der Waals surface area contributed by atoms with Crippen LogP contribution in [0.25, 0.3) is 0 Å². The Morgan fingerprint density at radius 1 is 1.31 bits per heavy atom. The number of alkyl halides is 1. The van der Waals surface area contributed by atoms with Crippen molar-refractivity contribution in [1.29, 1.82) is 0 Å². The third-order valence-electron chi connectivity index (χ3n) is 1.89. The maximum atomic E-state index is 12.9. The summed E-state index contributed by atoms with van der Waals surface area (Å²) in [4.78, 5) is 10.4. The lowest BCUT2D eigenvalue weighted by molar-refractivity contribution is -0.136. The van der Waals surface area contributed by atoms with E-state index in [2.05, 4.69) is 0 Å². The lowest BCUT2D eigenvalue weighted by Crippen LogP contribution is -2.47. The molecule has 0 radical (unpaired) electrons. The van der Waals surface area contributed by atoms with Crippen molar-refractivity contribution in [3.63, 3.8) is 0 Å². The van der Waals surface area contributed by atoms with Crippen LogP contribution in [-0.4, -0.2) is 50.9 Å². The van der Waals surface area contributed by atoms with E-state index in [1.807, 2.05) is 0 Å². The summed E-state index contributed by atoms with van der Waals surface area (Å²) in [6.07, 6.45) is -6.61. The van der Waals surface area contributed by atoms with Crippen molar-refractivity contribution >= 4 is 5.97 Å². The zero-order valence-corrected chi connectivity index (χ0v) is 6.46. The highest BCUT2D eigenvalue weighted by molar-refractivity contribution is 5.88. The topological polar surface area (TPSA) is 98.0 Å². The van der Waals surface area contributed by atoms with Gasteiger partial charge >= 0.3 is 5.97 Å². The molecule has 0 fully saturated rings. The molecule has 0 aromatic carbocycles. The van der Waals surface area contributed by atoms with Crippen molar-refractivity contribution in [2.75, 3.05) is 0 Å². The van der Waals surface area contributed by atoms with Crippen LogP contribution in [0, 0.1) is 0 Å². The molecule has 74 valence electrons. The van der Waals surface area contributed by atoms with Gasteiger partial charge in [-0.05, 0) is 6.08 Å². The van der Waals surface area contributed by atoms with Crippen LogP contribution in [0.5, 0.6) is 0 Å². The van der Waals surface area contributed by atoms with Crippen molar-refractivity contribution in [1.82, 2.24) is 0 Å². The van der Waals surface area contributed by atoms with Gasteiger partial charge in [-0.1, -0.05) is 0 Å². The number of hydrogen-bond donors (Lipinski definition) is 4. The number of rotatable bonds is 1. The van der Waals surface area contributed by atoms with E-state index in [1.165, 1.54) is 0 Å². The van der Waals surface area contributed by atoms with Crippen molar-refractivity contribution in [3.8, 4) is 0 Å². The highest BCUT2D eigenvalue weighted by atomic mass is 19.1. The lowest BCUT2D eigenvalue weighted by Gasteiger charge is -2.28. The number of hydrogen-bond acceptors (Lipinski definition) is 4. The molecule has 4 N–H and O–H groups in total. The molecule has 0 saturated heterocycles. The van der Waals surface area contributed by atoms with Gasteiger partial charge in [-0.3, -0.25) is 0 Å². The molecule has 1 aliphatic rings. The first-order valence-corrected chi connectivity index (χ1v) is 3.58. The second-order valence-electron chi connectivity index (χ2n) is 2.80. The minimum Gasteiger partial charge on any atom is -0.478 e. The van der Waals surface area contributed by atoms with Crippen LogP contribution < -0.4 is 0 Å². The Morgan fingerprint density at radius 2 is 1.85 bits per heavy atom. The number of aliphatic hydroxyl groups excluding tert-OH is 3. The zero-order chi connectivity index (χ0) is 10.2. The van der Waals surface area contributed by atoms with Gasteiger partial charge in [0.2, 0.25) is 0 Å². The van der Waals surface area contributed by atoms with Crippen LogP contribution in [0.15, 0.2) is 11.6 Å². The minimum absolute atomic E-state index is 0.685. The Balaban J connectivity index is 2.97. The first-order chi connectivity index (χ1) is 5.95. The Kier molecular flexibility index (Phi) is 2.65. The number of carboxylic acid groups (broad SMARTS) is 1. The third-order valence-corrected chi connectivity index (χ3v) is 1.89. The maximum Gasteiger partial charge on any atom is 0.334 e. The third kappa shape index (κ3) is 1.69. The van der Waals surface area contributed by atoms with E-state index in [1.54, 1.807) is 0 Å². The molecule has 5 nitrogen and oxygen atoms in total. The SMILES string of the molecule is O=C(O)C1=C[C@@H](O)[C@@H](O)[C@H](O)[C@@H]1F. The second-order valence-corrected chi connectivity index (χ2v) is 2.80. The van der Waals surface area contributed by atoms with Gasteiger partial charge < -0.3 is 20.4 Å². The molecule has 0 spiro atoms. The Bertz CT molecular complexity index is 251. The van der Waals surface area contributed by atoms with E-state index >= 15 is 0 Å². The molecular formula is C7H9FO5. The Labute approximate surface area is 72.7 Å². The molecule has 0 bridgehead atoms. The predicted molar refractivity (Wildman–Crippen MR) is 38.6 cm³/mol. The van der Waals surface area contributed by atoms with Crippen molar-refractivity contribution < 1.29 is 29.6 Å². The molecule has 0 heterocycles. The number of carboxylic acids is 1. The van der Waals surface area contributed by atoms with Gasteiger partial charge in [0.25, 0.3) is 0 Å². The van der Waals surface area contributed by atoms with E-state index in [0.29, 0.717) is 6.08 Å². The van der Waals surface area contributed by atoms with Gasteiger partial charge in [0.05, 0.1) is 5.57 Å². The average molecular weight is 192 g/mol. The van der Waals surface area contributed by atoms with E-state index in [9.17, 15) is 9.18 Å². The lowest BCUT2D eigenvalue weighted by atomic mass is 9.90. The van der Waals surface area contributed by atoms with Crippen molar-refractivity contribution in [3.05, 3.63) is 11.6 Å². The molecule has 0 aromatic rings.